The molecule has 2 rings (SSSR count). The van der Waals surface area contributed by atoms with Gasteiger partial charge in [0.1, 0.15) is 0 Å². The number of carbonyl (C=O) groups is 1. The van der Waals surface area contributed by atoms with E-state index in [1.54, 1.807) is 0 Å². The van der Waals surface area contributed by atoms with Crippen molar-refractivity contribution in [2.45, 2.75) is 19.8 Å². The highest BCUT2D eigenvalue weighted by Gasteiger charge is 2.62. The zero-order valence-corrected chi connectivity index (χ0v) is 10.3. The number of carboxylic acid groups (broad SMARTS) is 1. The average Bonchev–Trinajstić information content (AvgIpc) is 2.70. The molecule has 15 heavy (non-hydrogen) atoms. The van der Waals surface area contributed by atoms with Gasteiger partial charge in [0, 0.05) is 10.4 Å². The average molecular weight is 269 g/mol. The van der Waals surface area contributed by atoms with Gasteiger partial charge in [-0.15, -0.1) is 0 Å². The van der Waals surface area contributed by atoms with Crippen LogP contribution < -0.4 is 0 Å². The van der Waals surface area contributed by atoms with Crippen LogP contribution in [0, 0.1) is 11.3 Å². The lowest BCUT2D eigenvalue weighted by Crippen LogP contribution is -2.03. The minimum absolute atomic E-state index is 0.111. The van der Waals surface area contributed by atoms with Crippen LogP contribution in [0.25, 0.3) is 0 Å². The molecule has 1 N–H and O–H groups in total. The van der Waals surface area contributed by atoms with Crippen LogP contribution in [0.15, 0.2) is 28.7 Å². The third-order valence-electron chi connectivity index (χ3n) is 3.32. The van der Waals surface area contributed by atoms with Crippen LogP contribution in [0.4, 0.5) is 0 Å². The predicted octanol–water partition coefficient (Wildman–Crippen LogP) is 3.27. The smallest absolute Gasteiger partial charge is 0.307 e. The maximum Gasteiger partial charge on any atom is 0.307 e. The number of benzene rings is 1. The van der Waals surface area contributed by atoms with E-state index in [9.17, 15) is 4.79 Å². The van der Waals surface area contributed by atoms with Gasteiger partial charge in [0.05, 0.1) is 5.92 Å². The Bertz CT molecular complexity index is 395. The Kier molecular flexibility index (Phi) is 2.38. The van der Waals surface area contributed by atoms with Crippen molar-refractivity contribution in [3.63, 3.8) is 0 Å². The van der Waals surface area contributed by atoms with Gasteiger partial charge in [-0.3, -0.25) is 4.79 Å². The number of hydrogen-bond acceptors (Lipinski definition) is 1. The summed E-state index contributed by atoms with van der Waals surface area (Å²) in [6.45, 7) is 4.02. The minimum Gasteiger partial charge on any atom is -0.481 e. The van der Waals surface area contributed by atoms with Crippen LogP contribution in [-0.2, 0) is 4.79 Å². The van der Waals surface area contributed by atoms with Gasteiger partial charge in [-0.05, 0) is 23.1 Å². The Balaban J connectivity index is 2.27. The largest absolute Gasteiger partial charge is 0.481 e. The molecule has 0 heterocycles. The Morgan fingerprint density at radius 1 is 1.33 bits per heavy atom. The highest BCUT2D eigenvalue weighted by atomic mass is 79.9. The first-order chi connectivity index (χ1) is 6.94. The van der Waals surface area contributed by atoms with E-state index in [1.807, 2.05) is 38.1 Å². The van der Waals surface area contributed by atoms with Gasteiger partial charge in [0.25, 0.3) is 0 Å². The SMILES string of the molecule is CC1(C)[C@@H](C(=O)O)[C@@H]1c1ccc(Br)cc1. The van der Waals surface area contributed by atoms with E-state index in [4.69, 9.17) is 5.11 Å². The first-order valence-electron chi connectivity index (χ1n) is 4.93. The Morgan fingerprint density at radius 2 is 1.87 bits per heavy atom. The summed E-state index contributed by atoms with van der Waals surface area (Å²) in [5.74, 6) is -0.769. The summed E-state index contributed by atoms with van der Waals surface area (Å²) in [5.41, 5.74) is 1.01. The molecule has 1 saturated carbocycles. The number of rotatable bonds is 2. The second-order valence-corrected chi connectivity index (χ2v) is 5.58. The van der Waals surface area contributed by atoms with Crippen LogP contribution >= 0.6 is 15.9 Å². The molecule has 1 aliphatic carbocycles. The molecule has 80 valence electrons. The fourth-order valence-electron chi connectivity index (χ4n) is 2.39. The Labute approximate surface area is 97.4 Å². The van der Waals surface area contributed by atoms with Crippen molar-refractivity contribution >= 4 is 21.9 Å². The van der Waals surface area contributed by atoms with E-state index in [0.29, 0.717) is 0 Å². The number of hydrogen-bond donors (Lipinski definition) is 1. The summed E-state index contributed by atoms with van der Waals surface area (Å²) < 4.78 is 1.02. The fraction of sp³-hybridized carbons (Fsp3) is 0.417. The summed E-state index contributed by atoms with van der Waals surface area (Å²) in [5, 5.41) is 9.07. The topological polar surface area (TPSA) is 37.3 Å². The molecule has 0 aromatic heterocycles. The minimum atomic E-state index is -0.687. The van der Waals surface area contributed by atoms with Crippen molar-refractivity contribution in [3.8, 4) is 0 Å². The summed E-state index contributed by atoms with van der Waals surface area (Å²) in [4.78, 5) is 11.0. The van der Waals surface area contributed by atoms with Gasteiger partial charge < -0.3 is 5.11 Å². The lowest BCUT2D eigenvalue weighted by Gasteiger charge is -2.02. The molecule has 0 radical (unpaired) electrons. The van der Waals surface area contributed by atoms with Gasteiger partial charge in [-0.2, -0.15) is 0 Å². The quantitative estimate of drug-likeness (QED) is 0.894. The van der Waals surface area contributed by atoms with E-state index < -0.39 is 5.97 Å². The molecule has 1 aromatic carbocycles. The molecule has 1 aliphatic rings. The van der Waals surface area contributed by atoms with Gasteiger partial charge in [-0.25, -0.2) is 0 Å². The lowest BCUT2D eigenvalue weighted by atomic mass is 10.0. The first-order valence-corrected chi connectivity index (χ1v) is 5.72. The van der Waals surface area contributed by atoms with E-state index >= 15 is 0 Å². The van der Waals surface area contributed by atoms with Crippen LogP contribution in [0.3, 0.4) is 0 Å². The predicted molar refractivity (Wildman–Crippen MR) is 61.8 cm³/mol. The molecule has 0 saturated heterocycles. The summed E-state index contributed by atoms with van der Waals surface area (Å²) in [7, 11) is 0. The molecular weight excluding hydrogens is 256 g/mol. The third-order valence-corrected chi connectivity index (χ3v) is 3.85. The second-order valence-electron chi connectivity index (χ2n) is 4.67. The normalized spacial score (nSPS) is 27.4. The van der Waals surface area contributed by atoms with Gasteiger partial charge in [-0.1, -0.05) is 41.9 Å². The molecule has 2 nitrogen and oxygen atoms in total. The molecule has 3 heteroatoms. The Hall–Kier alpha value is -0.830. The fourth-order valence-corrected chi connectivity index (χ4v) is 2.66. The maximum atomic E-state index is 11.0. The number of aliphatic carboxylic acids is 1. The molecule has 0 bridgehead atoms. The van der Waals surface area contributed by atoms with Crippen molar-refractivity contribution < 1.29 is 9.90 Å². The van der Waals surface area contributed by atoms with Crippen LogP contribution in [0.1, 0.15) is 25.3 Å². The number of halogens is 1. The van der Waals surface area contributed by atoms with Crippen molar-refractivity contribution in [2.75, 3.05) is 0 Å². The highest BCUT2D eigenvalue weighted by molar-refractivity contribution is 9.10. The molecule has 0 spiro atoms. The Morgan fingerprint density at radius 3 is 2.27 bits per heavy atom. The third kappa shape index (κ3) is 1.69. The van der Waals surface area contributed by atoms with Gasteiger partial charge >= 0.3 is 5.97 Å². The van der Waals surface area contributed by atoms with Gasteiger partial charge in [0.2, 0.25) is 0 Å². The summed E-state index contributed by atoms with van der Waals surface area (Å²) in [6.07, 6.45) is 0. The van der Waals surface area contributed by atoms with Gasteiger partial charge in [0.15, 0.2) is 0 Å². The zero-order valence-electron chi connectivity index (χ0n) is 8.70. The van der Waals surface area contributed by atoms with Crippen LogP contribution in [0.2, 0.25) is 0 Å². The molecule has 0 aliphatic heterocycles. The molecule has 0 unspecified atom stereocenters. The molecule has 1 aromatic rings. The van der Waals surface area contributed by atoms with Crippen LogP contribution in [0.5, 0.6) is 0 Å². The highest BCUT2D eigenvalue weighted by Crippen LogP contribution is 2.64. The van der Waals surface area contributed by atoms with E-state index in [1.165, 1.54) is 0 Å². The van der Waals surface area contributed by atoms with Crippen molar-refractivity contribution in [1.82, 2.24) is 0 Å². The second kappa shape index (κ2) is 3.34. The first kappa shape index (κ1) is 10.7. The number of carboxylic acids is 1. The maximum absolute atomic E-state index is 11.0. The van der Waals surface area contributed by atoms with Crippen molar-refractivity contribution in [3.05, 3.63) is 34.3 Å². The van der Waals surface area contributed by atoms with Crippen LogP contribution in [-0.4, -0.2) is 11.1 Å². The standard InChI is InChI=1S/C12H13BrO2/c1-12(2)9(10(12)11(14)15)7-3-5-8(13)6-4-7/h3-6,9-10H,1-2H3,(H,14,15)/t9-,10+/m0/s1. The van der Waals surface area contributed by atoms with Crippen molar-refractivity contribution in [2.24, 2.45) is 11.3 Å². The molecular formula is C12H13BrO2. The molecule has 2 atom stereocenters. The zero-order chi connectivity index (χ0) is 11.2. The van der Waals surface area contributed by atoms with Crippen molar-refractivity contribution in [1.29, 1.82) is 0 Å². The molecule has 1 fully saturated rings. The van der Waals surface area contributed by atoms with E-state index in [2.05, 4.69) is 15.9 Å². The monoisotopic (exact) mass is 268 g/mol. The lowest BCUT2D eigenvalue weighted by molar-refractivity contribution is -0.139. The molecule has 0 amide bonds. The van der Waals surface area contributed by atoms with E-state index in [0.717, 1.165) is 10.0 Å². The van der Waals surface area contributed by atoms with E-state index in [-0.39, 0.29) is 17.3 Å². The summed E-state index contributed by atoms with van der Waals surface area (Å²) >= 11 is 3.37. The summed E-state index contributed by atoms with van der Waals surface area (Å²) in [6, 6.07) is 7.92.